The van der Waals surface area contributed by atoms with E-state index in [9.17, 15) is 4.79 Å². The number of rotatable bonds is 6. The van der Waals surface area contributed by atoms with E-state index in [4.69, 9.17) is 9.47 Å². The van der Waals surface area contributed by atoms with Crippen LogP contribution in [0.1, 0.15) is 36.2 Å². The summed E-state index contributed by atoms with van der Waals surface area (Å²) in [6.07, 6.45) is 4.72. The van der Waals surface area contributed by atoms with E-state index in [1.807, 2.05) is 42.9 Å². The molecule has 0 N–H and O–H groups in total. The Labute approximate surface area is 143 Å². The van der Waals surface area contributed by atoms with Gasteiger partial charge in [0.1, 0.15) is 11.4 Å². The number of aryl methyl sites for hydroxylation is 1. The van der Waals surface area contributed by atoms with E-state index in [0.29, 0.717) is 11.8 Å². The van der Waals surface area contributed by atoms with Gasteiger partial charge in [0, 0.05) is 38.1 Å². The number of nitrogens with zero attached hydrogens (tertiary/aromatic N) is 2. The topological polar surface area (TPSA) is 43.7 Å². The van der Waals surface area contributed by atoms with Gasteiger partial charge in [-0.3, -0.25) is 4.79 Å². The Kier molecular flexibility index (Phi) is 5.09. The highest BCUT2D eigenvalue weighted by atomic mass is 16.5. The molecule has 2 heterocycles. The van der Waals surface area contributed by atoms with Crippen LogP contribution in [0.3, 0.4) is 0 Å². The van der Waals surface area contributed by atoms with Gasteiger partial charge in [-0.05, 0) is 49.9 Å². The molecule has 5 heteroatoms. The standard InChI is InChI=1S/C19H26N2O3/c1-20(10-4-6-15-7-5-11-24-15)19(22)18-13-14-12-16(23-3)8-9-17(14)21(18)2/h8-9,12-13,15H,4-7,10-11H2,1-3H3/t15-/m1/s1. The largest absolute Gasteiger partial charge is 0.497 e. The maximum absolute atomic E-state index is 12.8. The predicted molar refractivity (Wildman–Crippen MR) is 94.6 cm³/mol. The average Bonchev–Trinajstić information content (AvgIpc) is 3.22. The van der Waals surface area contributed by atoms with Crippen LogP contribution in [-0.4, -0.2) is 48.8 Å². The zero-order valence-electron chi connectivity index (χ0n) is 14.7. The number of hydrogen-bond donors (Lipinski definition) is 0. The molecule has 1 amide bonds. The molecular weight excluding hydrogens is 304 g/mol. The van der Waals surface area contributed by atoms with Crippen molar-refractivity contribution >= 4 is 16.8 Å². The van der Waals surface area contributed by atoms with Gasteiger partial charge < -0.3 is 18.9 Å². The number of carbonyl (C=O) groups is 1. The highest BCUT2D eigenvalue weighted by molar-refractivity contribution is 5.98. The zero-order valence-corrected chi connectivity index (χ0v) is 14.7. The van der Waals surface area contributed by atoms with Crippen LogP contribution >= 0.6 is 0 Å². The molecule has 0 radical (unpaired) electrons. The summed E-state index contributed by atoms with van der Waals surface area (Å²) >= 11 is 0. The number of amides is 1. The number of ether oxygens (including phenoxy) is 2. The van der Waals surface area contributed by atoms with Gasteiger partial charge in [0.05, 0.1) is 13.2 Å². The molecule has 1 atom stereocenters. The number of aromatic nitrogens is 1. The van der Waals surface area contributed by atoms with Crippen LogP contribution in [0.4, 0.5) is 0 Å². The Morgan fingerprint density at radius 2 is 2.25 bits per heavy atom. The Bertz CT molecular complexity index is 717. The van der Waals surface area contributed by atoms with Crippen LogP contribution in [0.2, 0.25) is 0 Å². The van der Waals surface area contributed by atoms with Crippen molar-refractivity contribution < 1.29 is 14.3 Å². The van der Waals surface area contributed by atoms with E-state index in [1.165, 1.54) is 6.42 Å². The molecule has 0 spiro atoms. The Morgan fingerprint density at radius 3 is 2.96 bits per heavy atom. The molecule has 1 aliphatic rings. The van der Waals surface area contributed by atoms with Crippen LogP contribution in [0.15, 0.2) is 24.3 Å². The third-order valence-corrected chi connectivity index (χ3v) is 4.86. The van der Waals surface area contributed by atoms with Crippen molar-refractivity contribution in [3.63, 3.8) is 0 Å². The van der Waals surface area contributed by atoms with Crippen LogP contribution in [-0.2, 0) is 11.8 Å². The highest BCUT2D eigenvalue weighted by Gasteiger charge is 2.19. The van der Waals surface area contributed by atoms with E-state index < -0.39 is 0 Å². The molecule has 1 aromatic heterocycles. The fourth-order valence-corrected chi connectivity index (χ4v) is 3.38. The molecule has 3 rings (SSSR count). The first-order chi connectivity index (χ1) is 11.6. The number of fused-ring (bicyclic) bond motifs is 1. The molecule has 1 aromatic carbocycles. The Morgan fingerprint density at radius 1 is 1.42 bits per heavy atom. The lowest BCUT2D eigenvalue weighted by Crippen LogP contribution is -2.29. The lowest BCUT2D eigenvalue weighted by Gasteiger charge is -2.18. The van der Waals surface area contributed by atoms with Gasteiger partial charge in [-0.2, -0.15) is 0 Å². The second kappa shape index (κ2) is 7.26. The van der Waals surface area contributed by atoms with Crippen molar-refractivity contribution in [1.82, 2.24) is 9.47 Å². The van der Waals surface area contributed by atoms with Gasteiger partial charge >= 0.3 is 0 Å². The minimum absolute atomic E-state index is 0.0556. The first-order valence-corrected chi connectivity index (χ1v) is 8.60. The molecule has 1 saturated heterocycles. The molecule has 0 saturated carbocycles. The maximum atomic E-state index is 12.8. The van der Waals surface area contributed by atoms with E-state index in [0.717, 1.165) is 49.1 Å². The summed E-state index contributed by atoms with van der Waals surface area (Å²) in [5.41, 5.74) is 1.74. The zero-order chi connectivity index (χ0) is 17.1. The number of benzene rings is 1. The molecule has 1 fully saturated rings. The third kappa shape index (κ3) is 3.41. The van der Waals surface area contributed by atoms with Crippen molar-refractivity contribution in [2.24, 2.45) is 7.05 Å². The quantitative estimate of drug-likeness (QED) is 0.817. The summed E-state index contributed by atoms with van der Waals surface area (Å²) in [4.78, 5) is 14.6. The van der Waals surface area contributed by atoms with Crippen molar-refractivity contribution in [2.75, 3.05) is 27.3 Å². The molecule has 0 aliphatic carbocycles. The fraction of sp³-hybridized carbons (Fsp3) is 0.526. The SMILES string of the molecule is COc1ccc2c(c1)cc(C(=O)N(C)CCC[C@@H]1CCCO1)n2C. The van der Waals surface area contributed by atoms with Crippen LogP contribution < -0.4 is 4.74 Å². The molecular formula is C19H26N2O3. The third-order valence-electron chi connectivity index (χ3n) is 4.86. The molecule has 1 aliphatic heterocycles. The normalized spacial score (nSPS) is 17.4. The van der Waals surface area contributed by atoms with Gasteiger partial charge in [0.2, 0.25) is 0 Å². The summed E-state index contributed by atoms with van der Waals surface area (Å²) < 4.78 is 12.9. The predicted octanol–water partition coefficient (Wildman–Crippen LogP) is 3.22. The van der Waals surface area contributed by atoms with Crippen LogP contribution in [0.5, 0.6) is 5.75 Å². The van der Waals surface area contributed by atoms with Gasteiger partial charge in [-0.25, -0.2) is 0 Å². The fourth-order valence-electron chi connectivity index (χ4n) is 3.38. The van der Waals surface area contributed by atoms with Crippen LogP contribution in [0, 0.1) is 0 Å². The highest BCUT2D eigenvalue weighted by Crippen LogP contribution is 2.24. The van der Waals surface area contributed by atoms with Gasteiger partial charge in [0.15, 0.2) is 0 Å². The summed E-state index contributed by atoms with van der Waals surface area (Å²) in [5.74, 6) is 0.858. The average molecular weight is 330 g/mol. The van der Waals surface area contributed by atoms with E-state index in [-0.39, 0.29) is 5.91 Å². The lowest BCUT2D eigenvalue weighted by molar-refractivity contribution is 0.0755. The van der Waals surface area contributed by atoms with E-state index >= 15 is 0 Å². The first-order valence-electron chi connectivity index (χ1n) is 8.60. The first kappa shape index (κ1) is 16.8. The second-order valence-electron chi connectivity index (χ2n) is 6.52. The molecule has 130 valence electrons. The van der Waals surface area contributed by atoms with Gasteiger partial charge in [-0.1, -0.05) is 0 Å². The molecule has 0 bridgehead atoms. The van der Waals surface area contributed by atoms with Crippen molar-refractivity contribution in [1.29, 1.82) is 0 Å². The summed E-state index contributed by atoms with van der Waals surface area (Å²) in [6, 6.07) is 7.81. The smallest absolute Gasteiger partial charge is 0.270 e. The van der Waals surface area contributed by atoms with Gasteiger partial charge in [-0.15, -0.1) is 0 Å². The Hall–Kier alpha value is -2.01. The lowest BCUT2D eigenvalue weighted by atomic mass is 10.1. The minimum Gasteiger partial charge on any atom is -0.497 e. The molecule has 24 heavy (non-hydrogen) atoms. The van der Waals surface area contributed by atoms with Gasteiger partial charge in [0.25, 0.3) is 5.91 Å². The number of carbonyl (C=O) groups excluding carboxylic acids is 1. The van der Waals surface area contributed by atoms with Crippen LogP contribution in [0.25, 0.3) is 10.9 Å². The molecule has 0 unspecified atom stereocenters. The maximum Gasteiger partial charge on any atom is 0.270 e. The van der Waals surface area contributed by atoms with E-state index in [1.54, 1.807) is 12.0 Å². The number of hydrogen-bond acceptors (Lipinski definition) is 3. The monoisotopic (exact) mass is 330 g/mol. The Balaban J connectivity index is 1.66. The summed E-state index contributed by atoms with van der Waals surface area (Å²) in [5, 5.41) is 1.02. The van der Waals surface area contributed by atoms with Crippen molar-refractivity contribution in [3.8, 4) is 5.75 Å². The van der Waals surface area contributed by atoms with Crippen molar-refractivity contribution in [2.45, 2.75) is 31.8 Å². The number of methoxy groups -OCH3 is 1. The second-order valence-corrected chi connectivity index (χ2v) is 6.52. The molecule has 5 nitrogen and oxygen atoms in total. The minimum atomic E-state index is 0.0556. The molecule has 2 aromatic rings. The van der Waals surface area contributed by atoms with E-state index in [2.05, 4.69) is 0 Å². The van der Waals surface area contributed by atoms with Crippen molar-refractivity contribution in [3.05, 3.63) is 30.0 Å². The summed E-state index contributed by atoms with van der Waals surface area (Å²) in [7, 11) is 5.45. The summed E-state index contributed by atoms with van der Waals surface area (Å²) in [6.45, 7) is 1.64.